The highest BCUT2D eigenvalue weighted by atomic mass is 16.6. The summed E-state index contributed by atoms with van der Waals surface area (Å²) in [5.74, 6) is -1.76. The van der Waals surface area contributed by atoms with E-state index in [2.05, 4.69) is 10.6 Å². The number of alkyl carbamates (subject to hydrolysis) is 1. The molecule has 0 bridgehead atoms. The molecule has 0 radical (unpaired) electrons. The molecule has 0 spiro atoms. The lowest BCUT2D eigenvalue weighted by Crippen LogP contribution is -2.55. The summed E-state index contributed by atoms with van der Waals surface area (Å²) in [6, 6.07) is 4.02. The van der Waals surface area contributed by atoms with Crippen LogP contribution in [0, 0.1) is 5.92 Å². The lowest BCUT2D eigenvalue weighted by atomic mass is 9.95. The van der Waals surface area contributed by atoms with Crippen LogP contribution in [0.1, 0.15) is 72.9 Å². The maximum absolute atomic E-state index is 13.8. The molecule has 3 N–H and O–H groups in total. The molecule has 1 aromatic rings. The van der Waals surface area contributed by atoms with Gasteiger partial charge in [0.2, 0.25) is 11.8 Å². The average Bonchev–Trinajstić information content (AvgIpc) is 2.78. The van der Waals surface area contributed by atoms with Crippen molar-refractivity contribution >= 4 is 23.9 Å². The van der Waals surface area contributed by atoms with Crippen molar-refractivity contribution in [2.75, 3.05) is 19.7 Å². The number of phenolic OH excluding ortho intramolecular Hbond substituents is 1. The fourth-order valence-electron chi connectivity index (χ4n) is 3.55. The summed E-state index contributed by atoms with van der Waals surface area (Å²) in [7, 11) is 0. The zero-order valence-corrected chi connectivity index (χ0v) is 22.4. The molecule has 0 aromatic heterocycles. The zero-order chi connectivity index (χ0) is 27.5. The lowest BCUT2D eigenvalue weighted by molar-refractivity contribution is -0.144. The highest BCUT2D eigenvalue weighted by Crippen LogP contribution is 2.26. The summed E-state index contributed by atoms with van der Waals surface area (Å²) in [5.41, 5.74) is -0.362. The molecule has 0 saturated carbocycles. The summed E-state index contributed by atoms with van der Waals surface area (Å²) in [4.78, 5) is 52.7. The van der Waals surface area contributed by atoms with E-state index in [1.807, 2.05) is 13.8 Å². The first-order chi connectivity index (χ1) is 16.8. The first-order valence-corrected chi connectivity index (χ1v) is 12.4. The molecule has 0 fully saturated rings. The number of ether oxygens (including phenoxy) is 2. The van der Waals surface area contributed by atoms with Gasteiger partial charge < -0.3 is 30.1 Å². The summed E-state index contributed by atoms with van der Waals surface area (Å²) in [5, 5.41) is 15.4. The standard InChI is InChI=1S/C26H41N3O7/c1-8-17(4)21(28-25(34)36-26(5,6)7)24(33)29(9-2)22(18-12-11-13-19(30)16-18)23(32)27-15-14-20(31)35-10-3/h11-13,16-17,21-22,30H,8-10,14-15H2,1-7H3,(H,27,32)(H,28,34). The van der Waals surface area contributed by atoms with E-state index >= 15 is 0 Å². The Kier molecular flexibility index (Phi) is 12.2. The quantitative estimate of drug-likeness (QED) is 0.370. The van der Waals surface area contributed by atoms with Crippen LogP contribution in [0.3, 0.4) is 0 Å². The fourth-order valence-corrected chi connectivity index (χ4v) is 3.55. The first kappa shape index (κ1) is 30.7. The fraction of sp³-hybridized carbons (Fsp3) is 0.615. The maximum Gasteiger partial charge on any atom is 0.408 e. The van der Waals surface area contributed by atoms with Crippen molar-refractivity contribution in [3.8, 4) is 5.75 Å². The Morgan fingerprint density at radius 1 is 1.11 bits per heavy atom. The Morgan fingerprint density at radius 2 is 1.78 bits per heavy atom. The van der Waals surface area contributed by atoms with Gasteiger partial charge in [0, 0.05) is 13.1 Å². The Balaban J connectivity index is 3.29. The number of nitrogens with one attached hydrogen (secondary N) is 2. The molecular weight excluding hydrogens is 466 g/mol. The summed E-state index contributed by atoms with van der Waals surface area (Å²) in [6.45, 7) is 12.7. The largest absolute Gasteiger partial charge is 0.508 e. The predicted octanol–water partition coefficient (Wildman–Crippen LogP) is 3.29. The van der Waals surface area contributed by atoms with E-state index in [9.17, 15) is 24.3 Å². The van der Waals surface area contributed by atoms with Gasteiger partial charge in [-0.3, -0.25) is 14.4 Å². The molecule has 0 heterocycles. The Bertz CT molecular complexity index is 898. The van der Waals surface area contributed by atoms with Crippen molar-refractivity contribution in [2.45, 2.75) is 79.0 Å². The summed E-state index contributed by atoms with van der Waals surface area (Å²) < 4.78 is 10.2. The second-order valence-electron chi connectivity index (χ2n) is 9.48. The summed E-state index contributed by atoms with van der Waals surface area (Å²) in [6.07, 6.45) is -0.168. The molecule has 36 heavy (non-hydrogen) atoms. The van der Waals surface area contributed by atoms with Crippen LogP contribution < -0.4 is 10.6 Å². The van der Waals surface area contributed by atoms with Crippen molar-refractivity contribution in [3.63, 3.8) is 0 Å². The average molecular weight is 508 g/mol. The first-order valence-electron chi connectivity index (χ1n) is 12.4. The highest BCUT2D eigenvalue weighted by molar-refractivity contribution is 5.92. The third-order valence-electron chi connectivity index (χ3n) is 5.45. The molecule has 3 atom stereocenters. The zero-order valence-electron chi connectivity index (χ0n) is 22.4. The molecule has 10 nitrogen and oxygen atoms in total. The predicted molar refractivity (Wildman–Crippen MR) is 135 cm³/mol. The van der Waals surface area contributed by atoms with E-state index in [0.29, 0.717) is 12.0 Å². The number of esters is 1. The smallest absolute Gasteiger partial charge is 0.408 e. The molecule has 202 valence electrons. The number of aromatic hydroxyl groups is 1. The number of hydrogen-bond donors (Lipinski definition) is 3. The van der Waals surface area contributed by atoms with Gasteiger partial charge in [-0.1, -0.05) is 32.4 Å². The van der Waals surface area contributed by atoms with Crippen LogP contribution in [0.25, 0.3) is 0 Å². The van der Waals surface area contributed by atoms with Crippen LogP contribution in [0.2, 0.25) is 0 Å². The Labute approximate surface area is 213 Å². The molecular formula is C26H41N3O7. The number of amides is 3. The van der Waals surface area contributed by atoms with E-state index in [4.69, 9.17) is 9.47 Å². The number of carbonyl (C=O) groups is 4. The number of phenols is 1. The molecule has 0 saturated heterocycles. The molecule has 10 heteroatoms. The van der Waals surface area contributed by atoms with E-state index < -0.39 is 41.6 Å². The van der Waals surface area contributed by atoms with Crippen molar-refractivity contribution in [1.82, 2.24) is 15.5 Å². The minimum absolute atomic E-state index is 0.0175. The maximum atomic E-state index is 13.8. The lowest BCUT2D eigenvalue weighted by Gasteiger charge is -2.35. The highest BCUT2D eigenvalue weighted by Gasteiger charge is 2.37. The van der Waals surface area contributed by atoms with Crippen molar-refractivity contribution in [2.24, 2.45) is 5.92 Å². The number of benzene rings is 1. The van der Waals surface area contributed by atoms with E-state index in [0.717, 1.165) is 0 Å². The second kappa shape index (κ2) is 14.3. The van der Waals surface area contributed by atoms with Gasteiger partial charge in [-0.2, -0.15) is 0 Å². The topological polar surface area (TPSA) is 134 Å². The number of likely N-dealkylation sites (N-methyl/N-ethyl adjacent to an activating group) is 1. The molecule has 0 aliphatic heterocycles. The Hall–Kier alpha value is -3.30. The molecule has 1 aromatic carbocycles. The van der Waals surface area contributed by atoms with Crippen LogP contribution in [0.15, 0.2) is 24.3 Å². The monoisotopic (exact) mass is 507 g/mol. The van der Waals surface area contributed by atoms with Crippen molar-refractivity contribution in [1.29, 1.82) is 0 Å². The summed E-state index contributed by atoms with van der Waals surface area (Å²) >= 11 is 0. The van der Waals surface area contributed by atoms with Crippen LogP contribution in [-0.4, -0.2) is 65.2 Å². The van der Waals surface area contributed by atoms with E-state index in [1.54, 1.807) is 46.8 Å². The van der Waals surface area contributed by atoms with Crippen LogP contribution >= 0.6 is 0 Å². The van der Waals surface area contributed by atoms with E-state index in [1.165, 1.54) is 17.0 Å². The molecule has 3 unspecified atom stereocenters. The van der Waals surface area contributed by atoms with Gasteiger partial charge in [-0.25, -0.2) is 4.79 Å². The molecule has 3 amide bonds. The minimum Gasteiger partial charge on any atom is -0.508 e. The normalized spacial score (nSPS) is 13.6. The minimum atomic E-state index is -1.11. The van der Waals surface area contributed by atoms with Crippen molar-refractivity contribution in [3.05, 3.63) is 29.8 Å². The third kappa shape index (κ3) is 9.75. The van der Waals surface area contributed by atoms with Gasteiger partial charge in [0.1, 0.15) is 23.4 Å². The van der Waals surface area contributed by atoms with Gasteiger partial charge in [0.25, 0.3) is 0 Å². The van der Waals surface area contributed by atoms with Crippen molar-refractivity contribution < 1.29 is 33.8 Å². The Morgan fingerprint density at radius 3 is 2.31 bits per heavy atom. The molecule has 1 rings (SSSR count). The van der Waals surface area contributed by atoms with Crippen LogP contribution in [-0.2, 0) is 23.9 Å². The molecule has 0 aliphatic rings. The van der Waals surface area contributed by atoms with Crippen LogP contribution in [0.4, 0.5) is 4.79 Å². The van der Waals surface area contributed by atoms with Gasteiger partial charge in [-0.15, -0.1) is 0 Å². The SMILES string of the molecule is CCOC(=O)CCNC(=O)C(c1cccc(O)c1)N(CC)C(=O)C(NC(=O)OC(C)(C)C)C(C)CC. The number of rotatable bonds is 12. The van der Waals surface area contributed by atoms with Gasteiger partial charge in [0.15, 0.2) is 0 Å². The third-order valence-corrected chi connectivity index (χ3v) is 5.45. The second-order valence-corrected chi connectivity index (χ2v) is 9.48. The number of carbonyl (C=O) groups excluding carboxylic acids is 4. The van der Waals surface area contributed by atoms with Crippen LogP contribution in [0.5, 0.6) is 5.75 Å². The van der Waals surface area contributed by atoms with Gasteiger partial charge in [0.05, 0.1) is 13.0 Å². The number of hydrogen-bond acceptors (Lipinski definition) is 7. The van der Waals surface area contributed by atoms with Gasteiger partial charge in [-0.05, 0) is 58.2 Å². The van der Waals surface area contributed by atoms with E-state index in [-0.39, 0.29) is 37.8 Å². The molecule has 0 aliphatic carbocycles. The number of nitrogens with zero attached hydrogens (tertiary/aromatic N) is 1. The van der Waals surface area contributed by atoms with Gasteiger partial charge >= 0.3 is 12.1 Å².